The molecule has 0 bridgehead atoms. The molecule has 1 heterocycles. The zero-order valence-corrected chi connectivity index (χ0v) is 10.9. The number of aromatic nitrogens is 2. The fourth-order valence-corrected chi connectivity index (χ4v) is 1.78. The molecule has 0 radical (unpaired) electrons. The van der Waals surface area contributed by atoms with Crippen molar-refractivity contribution in [1.29, 1.82) is 0 Å². The van der Waals surface area contributed by atoms with Crippen molar-refractivity contribution in [3.05, 3.63) is 5.89 Å². The molecular weight excluding hydrogens is 224 g/mol. The number of hydrogen-bond acceptors (Lipinski definition) is 6. The molecule has 1 unspecified atom stereocenters. The van der Waals surface area contributed by atoms with Crippen LogP contribution in [0.3, 0.4) is 0 Å². The summed E-state index contributed by atoms with van der Waals surface area (Å²) < 4.78 is 5.43. The molecule has 1 aromatic rings. The van der Waals surface area contributed by atoms with Gasteiger partial charge >= 0.3 is 6.01 Å². The lowest BCUT2D eigenvalue weighted by molar-refractivity contribution is 0.477. The van der Waals surface area contributed by atoms with Crippen molar-refractivity contribution in [3.8, 4) is 0 Å². The third-order valence-electron chi connectivity index (χ3n) is 2.12. The molecule has 0 aliphatic heterocycles. The van der Waals surface area contributed by atoms with E-state index >= 15 is 0 Å². The van der Waals surface area contributed by atoms with Gasteiger partial charge in [-0.2, -0.15) is 11.8 Å². The first kappa shape index (κ1) is 13.3. The molecule has 0 saturated carbocycles. The van der Waals surface area contributed by atoms with Crippen molar-refractivity contribution in [2.45, 2.75) is 32.9 Å². The molecule has 16 heavy (non-hydrogen) atoms. The van der Waals surface area contributed by atoms with Crippen LogP contribution in [0.15, 0.2) is 4.42 Å². The summed E-state index contributed by atoms with van der Waals surface area (Å²) in [5, 5.41) is 14.2. The van der Waals surface area contributed by atoms with Crippen molar-refractivity contribution in [3.63, 3.8) is 0 Å². The van der Waals surface area contributed by atoms with Gasteiger partial charge in [-0.05, 0) is 31.9 Å². The Hall–Kier alpha value is -0.750. The van der Waals surface area contributed by atoms with Crippen LogP contribution in [-0.4, -0.2) is 34.8 Å². The highest BCUT2D eigenvalue weighted by atomic mass is 32.2. The predicted octanol–water partition coefficient (Wildman–Crippen LogP) is 1.73. The maximum Gasteiger partial charge on any atom is 0.315 e. The molecule has 1 aromatic heterocycles. The van der Waals surface area contributed by atoms with Crippen LogP contribution >= 0.6 is 11.8 Å². The first-order valence-electron chi connectivity index (χ1n) is 5.54. The second-order valence-electron chi connectivity index (χ2n) is 3.61. The van der Waals surface area contributed by atoms with Crippen LogP contribution in [0, 0.1) is 0 Å². The van der Waals surface area contributed by atoms with Crippen LogP contribution in [0.25, 0.3) is 0 Å². The van der Waals surface area contributed by atoms with Gasteiger partial charge in [-0.3, -0.25) is 0 Å². The van der Waals surface area contributed by atoms with Crippen LogP contribution in [0.4, 0.5) is 6.01 Å². The van der Waals surface area contributed by atoms with Crippen molar-refractivity contribution in [2.24, 2.45) is 0 Å². The van der Waals surface area contributed by atoms with Crippen molar-refractivity contribution in [1.82, 2.24) is 15.5 Å². The fraction of sp³-hybridized carbons (Fsp3) is 0.800. The zero-order chi connectivity index (χ0) is 11.8. The molecule has 0 aliphatic rings. The average Bonchev–Trinajstić information content (AvgIpc) is 2.71. The minimum atomic E-state index is 0.361. The Morgan fingerprint density at radius 2 is 2.25 bits per heavy atom. The molecule has 1 rings (SSSR count). The molecule has 5 nitrogen and oxygen atoms in total. The minimum Gasteiger partial charge on any atom is -0.407 e. The number of thioether (sulfide) groups is 1. The van der Waals surface area contributed by atoms with E-state index in [0.717, 1.165) is 18.7 Å². The average molecular weight is 244 g/mol. The zero-order valence-electron chi connectivity index (χ0n) is 10.1. The molecule has 0 fully saturated rings. The first-order chi connectivity index (χ1) is 7.76. The molecule has 0 spiro atoms. The smallest absolute Gasteiger partial charge is 0.315 e. The van der Waals surface area contributed by atoms with Gasteiger partial charge in [0.05, 0.1) is 6.54 Å². The third kappa shape index (κ3) is 4.85. The number of anilines is 1. The molecule has 2 N–H and O–H groups in total. The molecular formula is C10H20N4OS. The lowest BCUT2D eigenvalue weighted by Crippen LogP contribution is -2.16. The maximum absolute atomic E-state index is 5.43. The summed E-state index contributed by atoms with van der Waals surface area (Å²) in [6.45, 7) is 5.68. The highest BCUT2D eigenvalue weighted by Gasteiger charge is 2.08. The minimum absolute atomic E-state index is 0.361. The normalized spacial score (nSPS) is 12.7. The lowest BCUT2D eigenvalue weighted by atomic mass is 10.3. The summed E-state index contributed by atoms with van der Waals surface area (Å²) in [4.78, 5) is 0. The second kappa shape index (κ2) is 7.51. The van der Waals surface area contributed by atoms with Gasteiger partial charge in [-0.15, -0.1) is 5.10 Å². The summed E-state index contributed by atoms with van der Waals surface area (Å²) in [6.07, 6.45) is 3.19. The number of rotatable bonds is 8. The van der Waals surface area contributed by atoms with Crippen LogP contribution < -0.4 is 10.6 Å². The van der Waals surface area contributed by atoms with E-state index < -0.39 is 0 Å². The summed E-state index contributed by atoms with van der Waals surface area (Å²) >= 11 is 1.84. The highest BCUT2D eigenvalue weighted by Crippen LogP contribution is 2.09. The van der Waals surface area contributed by atoms with Gasteiger partial charge in [0.2, 0.25) is 5.89 Å². The Morgan fingerprint density at radius 3 is 2.94 bits per heavy atom. The Kier molecular flexibility index (Phi) is 6.25. The maximum atomic E-state index is 5.43. The van der Waals surface area contributed by atoms with Crippen LogP contribution in [0.2, 0.25) is 0 Å². The lowest BCUT2D eigenvalue weighted by Gasteiger charge is -2.09. The predicted molar refractivity (Wildman–Crippen MR) is 67.8 cm³/mol. The SMILES string of the molecule is CCNCc1nnc(NC(C)CCSC)o1. The summed E-state index contributed by atoms with van der Waals surface area (Å²) in [5.74, 6) is 1.76. The van der Waals surface area contributed by atoms with E-state index in [2.05, 4.69) is 34.0 Å². The van der Waals surface area contributed by atoms with Gasteiger partial charge in [0.15, 0.2) is 0 Å². The fourth-order valence-electron chi connectivity index (χ4n) is 1.19. The van der Waals surface area contributed by atoms with Crippen molar-refractivity contribution >= 4 is 17.8 Å². The molecule has 0 saturated heterocycles. The Labute approximate surface area is 101 Å². The van der Waals surface area contributed by atoms with E-state index in [9.17, 15) is 0 Å². The summed E-state index contributed by atoms with van der Waals surface area (Å²) in [7, 11) is 0. The van der Waals surface area contributed by atoms with E-state index in [1.807, 2.05) is 18.7 Å². The molecule has 0 aliphatic carbocycles. The topological polar surface area (TPSA) is 63.0 Å². The van der Waals surface area contributed by atoms with Gasteiger partial charge in [-0.1, -0.05) is 12.0 Å². The van der Waals surface area contributed by atoms with Gasteiger partial charge in [0.1, 0.15) is 0 Å². The summed E-state index contributed by atoms with van der Waals surface area (Å²) in [5.41, 5.74) is 0. The first-order valence-corrected chi connectivity index (χ1v) is 6.94. The molecule has 92 valence electrons. The molecule has 0 amide bonds. The van der Waals surface area contributed by atoms with Crippen molar-refractivity contribution in [2.75, 3.05) is 23.9 Å². The van der Waals surface area contributed by atoms with E-state index in [1.54, 1.807) is 0 Å². The quantitative estimate of drug-likeness (QED) is 0.726. The van der Waals surface area contributed by atoms with Crippen LogP contribution in [-0.2, 0) is 6.54 Å². The summed E-state index contributed by atoms with van der Waals surface area (Å²) in [6, 6.07) is 0.876. The second-order valence-corrected chi connectivity index (χ2v) is 4.59. The largest absolute Gasteiger partial charge is 0.407 e. The van der Waals surface area contributed by atoms with Crippen LogP contribution in [0.5, 0.6) is 0 Å². The van der Waals surface area contributed by atoms with E-state index in [-0.39, 0.29) is 0 Å². The van der Waals surface area contributed by atoms with Gasteiger partial charge < -0.3 is 15.1 Å². The van der Waals surface area contributed by atoms with Gasteiger partial charge in [-0.25, -0.2) is 0 Å². The Balaban J connectivity index is 2.33. The molecule has 1 atom stereocenters. The highest BCUT2D eigenvalue weighted by molar-refractivity contribution is 7.98. The number of nitrogens with one attached hydrogen (secondary N) is 2. The standard InChI is InChI=1S/C10H20N4OS/c1-4-11-7-9-13-14-10(15-9)12-8(2)5-6-16-3/h8,11H,4-7H2,1-3H3,(H,12,14). The van der Waals surface area contributed by atoms with Crippen LogP contribution in [0.1, 0.15) is 26.2 Å². The monoisotopic (exact) mass is 244 g/mol. The van der Waals surface area contributed by atoms with Crippen molar-refractivity contribution < 1.29 is 4.42 Å². The Bertz CT molecular complexity index is 292. The van der Waals surface area contributed by atoms with E-state index in [0.29, 0.717) is 24.5 Å². The number of hydrogen-bond donors (Lipinski definition) is 2. The van der Waals surface area contributed by atoms with E-state index in [4.69, 9.17) is 4.42 Å². The van der Waals surface area contributed by atoms with Gasteiger partial charge in [0.25, 0.3) is 0 Å². The number of nitrogens with zero attached hydrogens (tertiary/aromatic N) is 2. The third-order valence-corrected chi connectivity index (χ3v) is 2.76. The molecule has 0 aromatic carbocycles. The van der Waals surface area contributed by atoms with E-state index in [1.165, 1.54) is 0 Å². The van der Waals surface area contributed by atoms with Gasteiger partial charge in [0, 0.05) is 6.04 Å². The Morgan fingerprint density at radius 1 is 1.44 bits per heavy atom. The molecule has 6 heteroatoms.